The Labute approximate surface area is 92.6 Å². The van der Waals surface area contributed by atoms with Crippen molar-refractivity contribution >= 4 is 40.0 Å². The van der Waals surface area contributed by atoms with E-state index in [-0.39, 0.29) is 10.6 Å². The van der Waals surface area contributed by atoms with Crippen LogP contribution in [0.2, 0.25) is 0 Å². The smallest absolute Gasteiger partial charge is 0.226 e. The Balaban J connectivity index is 0.000000424. The van der Waals surface area contributed by atoms with E-state index in [1.165, 1.54) is 0 Å². The first-order valence-electron chi connectivity index (χ1n) is 3.55. The van der Waals surface area contributed by atoms with E-state index in [4.69, 9.17) is 34.8 Å². The molecular weight excluding hydrogens is 230 g/mol. The van der Waals surface area contributed by atoms with Gasteiger partial charge < -0.3 is 0 Å². The van der Waals surface area contributed by atoms with Crippen molar-refractivity contribution in [2.75, 3.05) is 5.34 Å². The van der Waals surface area contributed by atoms with Crippen molar-refractivity contribution in [2.45, 2.75) is 6.42 Å². The van der Waals surface area contributed by atoms with E-state index in [9.17, 15) is 4.79 Å². The van der Waals surface area contributed by atoms with Crippen molar-refractivity contribution in [3.8, 4) is 0 Å². The average molecular weight is 240 g/mol. The lowest BCUT2D eigenvalue weighted by Gasteiger charge is -1.92. The van der Waals surface area contributed by atoms with Gasteiger partial charge in [0, 0.05) is 6.42 Å². The van der Waals surface area contributed by atoms with E-state index in [2.05, 4.69) is 0 Å². The molecule has 72 valence electrons. The highest BCUT2D eigenvalue weighted by Crippen LogP contribution is 2.00. The molecule has 1 rings (SSSR count). The van der Waals surface area contributed by atoms with Gasteiger partial charge in [0.25, 0.3) is 0 Å². The minimum Gasteiger partial charge on any atom is -0.281 e. The summed E-state index contributed by atoms with van der Waals surface area (Å²) in [5, 5.41) is -0.119. The third-order valence-corrected chi connectivity index (χ3v) is 1.32. The summed E-state index contributed by atoms with van der Waals surface area (Å²) < 4.78 is 0. The van der Waals surface area contributed by atoms with Crippen LogP contribution in [0.3, 0.4) is 0 Å². The highest BCUT2D eigenvalue weighted by atomic mass is 35.5. The summed E-state index contributed by atoms with van der Waals surface area (Å²) in [5.74, 6) is 0. The van der Waals surface area contributed by atoms with Gasteiger partial charge in [0.2, 0.25) is 5.24 Å². The fourth-order valence-electron chi connectivity index (χ4n) is 0.756. The Morgan fingerprint density at radius 3 is 2.00 bits per heavy atom. The predicted molar refractivity (Wildman–Crippen MR) is 57.6 cm³/mol. The second-order valence-corrected chi connectivity index (χ2v) is 3.35. The number of hydrogen-bond acceptors (Lipinski definition) is 1. The Morgan fingerprint density at radius 1 is 1.15 bits per heavy atom. The third-order valence-electron chi connectivity index (χ3n) is 1.19. The zero-order valence-electron chi connectivity index (χ0n) is 6.84. The first kappa shape index (κ1) is 12.8. The SMILES string of the molecule is ClCCl.O=C(Cl)Cc1ccccc1. The van der Waals surface area contributed by atoms with Gasteiger partial charge in [0.1, 0.15) is 0 Å². The van der Waals surface area contributed by atoms with Crippen LogP contribution in [0, 0.1) is 0 Å². The van der Waals surface area contributed by atoms with Crippen LogP contribution in [0.25, 0.3) is 0 Å². The van der Waals surface area contributed by atoms with Gasteiger partial charge in [0.05, 0.1) is 5.34 Å². The molecule has 0 spiro atoms. The molecule has 1 aromatic carbocycles. The van der Waals surface area contributed by atoms with Crippen LogP contribution in [-0.2, 0) is 11.2 Å². The molecule has 0 unspecified atom stereocenters. The van der Waals surface area contributed by atoms with Gasteiger partial charge >= 0.3 is 0 Å². The summed E-state index contributed by atoms with van der Waals surface area (Å²) in [6.07, 6.45) is 0.322. The Hall–Kier alpha value is -0.240. The summed E-state index contributed by atoms with van der Waals surface area (Å²) in [7, 11) is 0. The molecule has 0 aliphatic rings. The molecule has 0 aromatic heterocycles. The van der Waals surface area contributed by atoms with Crippen molar-refractivity contribution in [1.82, 2.24) is 0 Å². The maximum Gasteiger partial charge on any atom is 0.226 e. The first-order valence-corrected chi connectivity index (χ1v) is 4.99. The minimum atomic E-state index is -0.314. The minimum absolute atomic E-state index is 0.194. The van der Waals surface area contributed by atoms with Gasteiger partial charge in [-0.25, -0.2) is 0 Å². The van der Waals surface area contributed by atoms with Gasteiger partial charge in [-0.15, -0.1) is 23.2 Å². The second kappa shape index (κ2) is 8.36. The molecule has 0 aliphatic heterocycles. The normalized spacial score (nSPS) is 8.54. The molecule has 0 fully saturated rings. The van der Waals surface area contributed by atoms with E-state index in [0.717, 1.165) is 5.56 Å². The summed E-state index contributed by atoms with van der Waals surface area (Å²) in [4.78, 5) is 10.4. The summed E-state index contributed by atoms with van der Waals surface area (Å²) in [5.41, 5.74) is 0.961. The third kappa shape index (κ3) is 8.10. The molecule has 0 radical (unpaired) electrons. The van der Waals surface area contributed by atoms with Crippen LogP contribution >= 0.6 is 34.8 Å². The second-order valence-electron chi connectivity index (χ2n) is 2.12. The number of alkyl halides is 2. The lowest BCUT2D eigenvalue weighted by molar-refractivity contribution is -0.111. The molecular formula is C9H9Cl3O. The maximum atomic E-state index is 10.4. The Morgan fingerprint density at radius 2 is 1.62 bits per heavy atom. The average Bonchev–Trinajstić information content (AvgIpc) is 2.06. The lowest BCUT2D eigenvalue weighted by atomic mass is 10.2. The van der Waals surface area contributed by atoms with E-state index in [1.54, 1.807) is 0 Å². The van der Waals surface area contributed by atoms with E-state index in [0.29, 0.717) is 6.42 Å². The molecule has 0 amide bonds. The van der Waals surface area contributed by atoms with Crippen LogP contribution in [0.5, 0.6) is 0 Å². The Kier molecular flexibility index (Phi) is 8.21. The largest absolute Gasteiger partial charge is 0.281 e. The fraction of sp³-hybridized carbons (Fsp3) is 0.222. The van der Waals surface area contributed by atoms with Crippen molar-refractivity contribution in [3.63, 3.8) is 0 Å². The molecule has 0 aliphatic carbocycles. The van der Waals surface area contributed by atoms with Crippen LogP contribution in [-0.4, -0.2) is 10.6 Å². The zero-order valence-corrected chi connectivity index (χ0v) is 9.11. The van der Waals surface area contributed by atoms with Crippen LogP contribution in [0.1, 0.15) is 5.56 Å². The quantitative estimate of drug-likeness (QED) is 0.571. The Bertz CT molecular complexity index is 236. The summed E-state index contributed by atoms with van der Waals surface area (Å²) in [6, 6.07) is 9.42. The number of hydrogen-bond donors (Lipinski definition) is 0. The molecule has 0 atom stereocenters. The van der Waals surface area contributed by atoms with Gasteiger partial charge in [-0.3, -0.25) is 4.79 Å². The standard InChI is InChI=1S/C8H7ClO.CH2Cl2/c9-8(10)6-7-4-2-1-3-5-7;2-1-3/h1-5H,6H2;1H2. The topological polar surface area (TPSA) is 17.1 Å². The number of halogens is 3. The molecule has 13 heavy (non-hydrogen) atoms. The number of carbonyl (C=O) groups excluding carboxylic acids is 1. The highest BCUT2D eigenvalue weighted by molar-refractivity contribution is 6.63. The van der Waals surface area contributed by atoms with Gasteiger partial charge in [-0.1, -0.05) is 30.3 Å². The van der Waals surface area contributed by atoms with Gasteiger partial charge in [0.15, 0.2) is 0 Å². The van der Waals surface area contributed by atoms with Crippen LogP contribution < -0.4 is 0 Å². The molecule has 4 heteroatoms. The molecule has 0 saturated heterocycles. The number of carbonyl (C=O) groups is 1. The lowest BCUT2D eigenvalue weighted by Crippen LogP contribution is -1.91. The van der Waals surface area contributed by atoms with Crippen molar-refractivity contribution in [3.05, 3.63) is 35.9 Å². The molecule has 0 saturated carbocycles. The van der Waals surface area contributed by atoms with Crippen molar-refractivity contribution < 1.29 is 4.79 Å². The van der Waals surface area contributed by atoms with E-state index in [1.807, 2.05) is 30.3 Å². The molecule has 0 bridgehead atoms. The first-order chi connectivity index (χ1) is 6.20. The summed E-state index contributed by atoms with van der Waals surface area (Å²) >= 11 is 14.7. The maximum absolute atomic E-state index is 10.4. The van der Waals surface area contributed by atoms with Gasteiger partial charge in [-0.2, -0.15) is 0 Å². The van der Waals surface area contributed by atoms with E-state index < -0.39 is 0 Å². The molecule has 1 aromatic rings. The molecule has 1 nitrogen and oxygen atoms in total. The molecule has 0 heterocycles. The number of rotatable bonds is 2. The predicted octanol–water partition coefficient (Wildman–Crippen LogP) is 3.42. The number of benzene rings is 1. The fourth-order valence-corrected chi connectivity index (χ4v) is 0.911. The van der Waals surface area contributed by atoms with Crippen LogP contribution in [0.15, 0.2) is 30.3 Å². The highest BCUT2D eigenvalue weighted by Gasteiger charge is 1.95. The van der Waals surface area contributed by atoms with Crippen molar-refractivity contribution in [1.29, 1.82) is 0 Å². The monoisotopic (exact) mass is 238 g/mol. The van der Waals surface area contributed by atoms with Gasteiger partial charge in [-0.05, 0) is 17.2 Å². The van der Waals surface area contributed by atoms with Crippen LogP contribution in [0.4, 0.5) is 0 Å². The summed E-state index contributed by atoms with van der Waals surface area (Å²) in [6.45, 7) is 0. The zero-order chi connectivity index (χ0) is 10.1. The van der Waals surface area contributed by atoms with Crippen molar-refractivity contribution in [2.24, 2.45) is 0 Å². The molecule has 0 N–H and O–H groups in total. The van der Waals surface area contributed by atoms with E-state index >= 15 is 0 Å².